The molecule has 0 saturated carbocycles. The maximum Gasteiger partial charge on any atom is 0.260 e. The molecule has 8 heteroatoms. The van der Waals surface area contributed by atoms with Gasteiger partial charge in [-0.15, -0.1) is 0 Å². The third kappa shape index (κ3) is 4.83. The summed E-state index contributed by atoms with van der Waals surface area (Å²) < 4.78 is 5.11. The molecule has 1 aliphatic heterocycles. The summed E-state index contributed by atoms with van der Waals surface area (Å²) in [6.45, 7) is -0.173. The van der Waals surface area contributed by atoms with Gasteiger partial charge >= 0.3 is 0 Å². The van der Waals surface area contributed by atoms with Gasteiger partial charge in [-0.25, -0.2) is 0 Å². The van der Waals surface area contributed by atoms with Crippen LogP contribution in [0.25, 0.3) is 0 Å². The molecule has 0 spiro atoms. The fraction of sp³-hybridized carbons (Fsp3) is 0.273. The van der Waals surface area contributed by atoms with Crippen LogP contribution in [-0.2, 0) is 20.8 Å². The summed E-state index contributed by atoms with van der Waals surface area (Å²) in [5.74, 6) is -0.818. The van der Waals surface area contributed by atoms with E-state index in [4.69, 9.17) is 4.74 Å². The van der Waals surface area contributed by atoms with E-state index in [1.54, 1.807) is 48.5 Å². The number of hydrogen-bond acceptors (Lipinski definition) is 5. The molecular formula is C22H23N3O5. The van der Waals surface area contributed by atoms with Crippen molar-refractivity contribution in [3.05, 3.63) is 59.7 Å². The second-order valence-corrected chi connectivity index (χ2v) is 6.96. The van der Waals surface area contributed by atoms with Crippen LogP contribution in [0.2, 0.25) is 0 Å². The van der Waals surface area contributed by atoms with Gasteiger partial charge in [0.2, 0.25) is 17.7 Å². The van der Waals surface area contributed by atoms with Crippen molar-refractivity contribution >= 4 is 29.3 Å². The first-order valence-corrected chi connectivity index (χ1v) is 9.49. The number of likely N-dealkylation sites (N-methyl/N-ethyl adjacent to an activating group) is 1. The van der Waals surface area contributed by atoms with Gasteiger partial charge in [-0.2, -0.15) is 0 Å². The molecule has 0 aromatic heterocycles. The highest BCUT2D eigenvalue weighted by molar-refractivity contribution is 6.09. The Morgan fingerprint density at radius 1 is 1.13 bits per heavy atom. The quantitative estimate of drug-likeness (QED) is 0.703. The summed E-state index contributed by atoms with van der Waals surface area (Å²) in [6.07, 6.45) is 0.0808. The van der Waals surface area contributed by atoms with E-state index in [1.807, 2.05) is 0 Å². The Morgan fingerprint density at radius 3 is 2.67 bits per heavy atom. The molecule has 156 valence electrons. The predicted octanol–water partition coefficient (Wildman–Crippen LogP) is 1.71. The minimum absolute atomic E-state index is 0.0212. The van der Waals surface area contributed by atoms with Crippen molar-refractivity contribution in [1.82, 2.24) is 9.80 Å². The van der Waals surface area contributed by atoms with Gasteiger partial charge in [0.15, 0.2) is 0 Å². The fourth-order valence-corrected chi connectivity index (χ4v) is 3.23. The second kappa shape index (κ2) is 9.21. The van der Waals surface area contributed by atoms with Crippen LogP contribution < -0.4 is 10.1 Å². The number of methoxy groups -OCH3 is 1. The first kappa shape index (κ1) is 21.0. The van der Waals surface area contributed by atoms with Crippen molar-refractivity contribution in [3.8, 4) is 5.75 Å². The number of nitrogens with one attached hydrogen (secondary N) is 1. The highest BCUT2D eigenvalue weighted by atomic mass is 16.5. The number of nitrogens with zero attached hydrogens (tertiary/aromatic N) is 2. The summed E-state index contributed by atoms with van der Waals surface area (Å²) in [5, 5.41) is 2.70. The number of fused-ring (bicyclic) bond motifs is 1. The molecular weight excluding hydrogens is 386 g/mol. The lowest BCUT2D eigenvalue weighted by molar-refractivity contribution is -0.134. The van der Waals surface area contributed by atoms with Crippen molar-refractivity contribution < 1.29 is 23.9 Å². The zero-order valence-electron chi connectivity index (χ0n) is 16.9. The van der Waals surface area contributed by atoms with Crippen molar-refractivity contribution in [3.63, 3.8) is 0 Å². The average molecular weight is 409 g/mol. The summed E-state index contributed by atoms with van der Waals surface area (Å²) in [7, 11) is 3.03. The molecule has 0 unspecified atom stereocenters. The zero-order chi connectivity index (χ0) is 21.7. The number of imide groups is 1. The Hall–Kier alpha value is -3.68. The van der Waals surface area contributed by atoms with Crippen LogP contribution in [0.3, 0.4) is 0 Å². The number of ether oxygens (including phenoxy) is 1. The van der Waals surface area contributed by atoms with Crippen LogP contribution >= 0.6 is 0 Å². The molecule has 1 aliphatic rings. The summed E-state index contributed by atoms with van der Waals surface area (Å²) in [6, 6.07) is 13.8. The predicted molar refractivity (Wildman–Crippen MR) is 110 cm³/mol. The van der Waals surface area contributed by atoms with E-state index >= 15 is 0 Å². The summed E-state index contributed by atoms with van der Waals surface area (Å²) >= 11 is 0. The maximum atomic E-state index is 12.5. The van der Waals surface area contributed by atoms with Crippen LogP contribution in [0.4, 0.5) is 5.69 Å². The van der Waals surface area contributed by atoms with Crippen LogP contribution in [-0.4, -0.2) is 60.7 Å². The third-order valence-electron chi connectivity index (χ3n) is 4.84. The van der Waals surface area contributed by atoms with Gasteiger partial charge in [0.1, 0.15) is 5.75 Å². The minimum atomic E-state index is -0.395. The highest BCUT2D eigenvalue weighted by Crippen LogP contribution is 2.20. The number of rotatable bonds is 7. The number of carbonyl (C=O) groups excluding carboxylic acids is 4. The highest BCUT2D eigenvalue weighted by Gasteiger charge is 2.31. The van der Waals surface area contributed by atoms with Crippen molar-refractivity contribution in [1.29, 1.82) is 0 Å². The Morgan fingerprint density at radius 2 is 1.90 bits per heavy atom. The van der Waals surface area contributed by atoms with Crippen molar-refractivity contribution in [2.75, 3.05) is 32.6 Å². The van der Waals surface area contributed by atoms with Crippen LogP contribution in [0.1, 0.15) is 22.3 Å². The topological polar surface area (TPSA) is 96.0 Å². The van der Waals surface area contributed by atoms with E-state index in [0.29, 0.717) is 22.6 Å². The number of carbonyl (C=O) groups is 4. The molecule has 0 aliphatic carbocycles. The molecule has 0 saturated heterocycles. The molecule has 0 bridgehead atoms. The van der Waals surface area contributed by atoms with Crippen LogP contribution in [0.15, 0.2) is 48.5 Å². The van der Waals surface area contributed by atoms with Crippen LogP contribution in [0, 0.1) is 0 Å². The van der Waals surface area contributed by atoms with Gasteiger partial charge in [-0.3, -0.25) is 24.1 Å². The van der Waals surface area contributed by atoms with Gasteiger partial charge < -0.3 is 15.0 Å². The zero-order valence-corrected chi connectivity index (χ0v) is 16.9. The van der Waals surface area contributed by atoms with Crippen molar-refractivity contribution in [2.45, 2.75) is 12.8 Å². The summed E-state index contributed by atoms with van der Waals surface area (Å²) in [5.41, 5.74) is 1.74. The molecule has 30 heavy (non-hydrogen) atoms. The fourth-order valence-electron chi connectivity index (χ4n) is 3.23. The summed E-state index contributed by atoms with van der Waals surface area (Å²) in [4.78, 5) is 51.8. The normalized spacial score (nSPS) is 12.9. The Labute approximate surface area is 174 Å². The van der Waals surface area contributed by atoms with Crippen LogP contribution in [0.5, 0.6) is 5.75 Å². The Bertz CT molecular complexity index is 988. The first-order chi connectivity index (χ1) is 14.4. The Balaban J connectivity index is 1.52. The minimum Gasteiger partial charge on any atom is -0.497 e. The first-order valence-electron chi connectivity index (χ1n) is 9.49. The van der Waals surface area contributed by atoms with E-state index in [1.165, 1.54) is 19.1 Å². The van der Waals surface area contributed by atoms with Gasteiger partial charge in [0, 0.05) is 37.3 Å². The molecule has 0 fully saturated rings. The van der Waals surface area contributed by atoms with E-state index in [2.05, 4.69) is 5.32 Å². The van der Waals surface area contributed by atoms with E-state index in [0.717, 1.165) is 4.90 Å². The average Bonchev–Trinajstić information content (AvgIpc) is 2.73. The molecule has 0 atom stereocenters. The lowest BCUT2D eigenvalue weighted by Crippen LogP contribution is -2.44. The number of hydrogen-bond donors (Lipinski definition) is 1. The largest absolute Gasteiger partial charge is 0.497 e. The number of anilines is 1. The molecule has 8 nitrogen and oxygen atoms in total. The standard InChI is InChI=1S/C22H23N3O5/c1-24(14-19(26)23-16-7-5-8-17(13-16)30-2)20(27)10-11-25-21(28)12-15-6-3-4-9-18(15)22(25)29/h3-9,13H,10-12,14H2,1-2H3,(H,23,26). The van der Waals surface area contributed by atoms with Gasteiger partial charge in [0.25, 0.3) is 5.91 Å². The number of benzene rings is 2. The van der Waals surface area contributed by atoms with Gasteiger partial charge in [0.05, 0.1) is 20.1 Å². The Kier molecular flexibility index (Phi) is 6.46. The van der Waals surface area contributed by atoms with Crippen molar-refractivity contribution in [2.24, 2.45) is 0 Å². The lowest BCUT2D eigenvalue weighted by atomic mass is 9.98. The molecule has 2 aromatic rings. The second-order valence-electron chi connectivity index (χ2n) is 6.96. The molecule has 3 rings (SSSR count). The molecule has 2 aromatic carbocycles. The molecule has 1 heterocycles. The van der Waals surface area contributed by atoms with E-state index in [-0.39, 0.29) is 43.7 Å². The number of amides is 4. The molecule has 4 amide bonds. The molecule has 0 radical (unpaired) electrons. The smallest absolute Gasteiger partial charge is 0.260 e. The lowest BCUT2D eigenvalue weighted by Gasteiger charge is -2.27. The molecule has 1 N–H and O–H groups in total. The maximum absolute atomic E-state index is 12.5. The third-order valence-corrected chi connectivity index (χ3v) is 4.84. The SMILES string of the molecule is COc1cccc(NC(=O)CN(C)C(=O)CCN2C(=O)Cc3ccccc3C2=O)c1. The van der Waals surface area contributed by atoms with Gasteiger partial charge in [-0.05, 0) is 23.8 Å². The van der Waals surface area contributed by atoms with Gasteiger partial charge in [-0.1, -0.05) is 24.3 Å². The van der Waals surface area contributed by atoms with E-state index in [9.17, 15) is 19.2 Å². The monoisotopic (exact) mass is 409 g/mol. The van der Waals surface area contributed by atoms with E-state index < -0.39 is 5.91 Å².